The Morgan fingerprint density at radius 1 is 1.27 bits per heavy atom. The Balaban J connectivity index is 1.82. The maximum Gasteiger partial charge on any atom is 0.276 e. The van der Waals surface area contributed by atoms with Crippen LogP contribution in [-0.2, 0) is 11.3 Å². The number of hydrogen-bond donors (Lipinski definition) is 2. The van der Waals surface area contributed by atoms with Crippen LogP contribution in [0.4, 0.5) is 5.69 Å². The van der Waals surface area contributed by atoms with E-state index in [1.165, 1.54) is 11.8 Å². The first kappa shape index (κ1) is 15.9. The Kier molecular flexibility index (Phi) is 5.80. The van der Waals surface area contributed by atoms with Gasteiger partial charge in [-0.15, -0.1) is 0 Å². The Labute approximate surface area is 130 Å². The number of benzene rings is 1. The average molecular weight is 296 g/mol. The predicted molar refractivity (Wildman–Crippen MR) is 87.9 cm³/mol. The smallest absolute Gasteiger partial charge is 0.276 e. The highest BCUT2D eigenvalue weighted by atomic mass is 16.2. The van der Waals surface area contributed by atoms with E-state index in [4.69, 9.17) is 0 Å². The first-order chi connectivity index (χ1) is 10.6. The first-order valence-electron chi connectivity index (χ1n) is 7.21. The predicted octanol–water partition coefficient (Wildman–Crippen LogP) is 2.73. The third-order valence-electron chi connectivity index (χ3n) is 3.12. The fourth-order valence-corrected chi connectivity index (χ4v) is 1.86. The highest BCUT2D eigenvalue weighted by Crippen LogP contribution is 2.19. The fourth-order valence-electron chi connectivity index (χ4n) is 1.86. The van der Waals surface area contributed by atoms with Crippen molar-refractivity contribution >= 4 is 17.8 Å². The number of aliphatic imine (C=N–C) groups is 1. The molecule has 0 radical (unpaired) electrons. The van der Waals surface area contributed by atoms with E-state index in [1.807, 2.05) is 30.3 Å². The standard InChI is InChI=1S/C17H20N4O/c1-13(2)15-4-3-5-16(10-15)19-12-17(22)21-20-11-14-6-8-18-9-7-14/h3-10,12-13,20H,11H2,1-2H3,(H,21,22). The first-order valence-corrected chi connectivity index (χ1v) is 7.21. The van der Waals surface area contributed by atoms with Crippen molar-refractivity contribution in [2.24, 2.45) is 4.99 Å². The van der Waals surface area contributed by atoms with E-state index in [9.17, 15) is 4.79 Å². The molecule has 0 atom stereocenters. The SMILES string of the molecule is CC(C)c1cccc(N=CC(=O)NNCc2ccncc2)c1. The molecule has 0 saturated carbocycles. The molecule has 0 bridgehead atoms. The van der Waals surface area contributed by atoms with Crippen LogP contribution in [0.1, 0.15) is 30.9 Å². The summed E-state index contributed by atoms with van der Waals surface area (Å²) in [5.41, 5.74) is 8.44. The average Bonchev–Trinajstić information content (AvgIpc) is 2.54. The van der Waals surface area contributed by atoms with Crippen LogP contribution < -0.4 is 10.9 Å². The van der Waals surface area contributed by atoms with Gasteiger partial charge in [-0.05, 0) is 41.3 Å². The van der Waals surface area contributed by atoms with E-state index in [-0.39, 0.29) is 5.91 Å². The second-order valence-electron chi connectivity index (χ2n) is 5.21. The molecule has 2 N–H and O–H groups in total. The quantitative estimate of drug-likeness (QED) is 0.636. The van der Waals surface area contributed by atoms with Gasteiger partial charge >= 0.3 is 0 Å². The summed E-state index contributed by atoms with van der Waals surface area (Å²) >= 11 is 0. The van der Waals surface area contributed by atoms with Crippen molar-refractivity contribution in [3.63, 3.8) is 0 Å². The van der Waals surface area contributed by atoms with Crippen LogP contribution in [0.2, 0.25) is 0 Å². The van der Waals surface area contributed by atoms with Crippen LogP contribution in [0.5, 0.6) is 0 Å². The maximum absolute atomic E-state index is 11.7. The van der Waals surface area contributed by atoms with Crippen molar-refractivity contribution in [1.82, 2.24) is 15.8 Å². The molecular weight excluding hydrogens is 276 g/mol. The van der Waals surface area contributed by atoms with Crippen LogP contribution in [0.25, 0.3) is 0 Å². The molecule has 2 aromatic rings. The van der Waals surface area contributed by atoms with Gasteiger partial charge in [0.2, 0.25) is 0 Å². The molecule has 2 rings (SSSR count). The van der Waals surface area contributed by atoms with Gasteiger partial charge in [0.15, 0.2) is 0 Å². The lowest BCUT2D eigenvalue weighted by Crippen LogP contribution is -2.37. The molecule has 1 aromatic heterocycles. The molecule has 0 saturated heterocycles. The number of hydrogen-bond acceptors (Lipinski definition) is 4. The normalized spacial score (nSPS) is 11.0. The second-order valence-corrected chi connectivity index (χ2v) is 5.21. The van der Waals surface area contributed by atoms with E-state index >= 15 is 0 Å². The molecule has 0 aliphatic heterocycles. The lowest BCUT2D eigenvalue weighted by atomic mass is 10.0. The molecule has 1 aromatic carbocycles. The van der Waals surface area contributed by atoms with E-state index in [2.05, 4.69) is 40.7 Å². The Morgan fingerprint density at radius 2 is 2.05 bits per heavy atom. The van der Waals surface area contributed by atoms with Crippen molar-refractivity contribution in [3.8, 4) is 0 Å². The van der Waals surface area contributed by atoms with Crippen molar-refractivity contribution in [1.29, 1.82) is 0 Å². The zero-order valence-electron chi connectivity index (χ0n) is 12.8. The van der Waals surface area contributed by atoms with E-state index in [0.29, 0.717) is 12.5 Å². The topological polar surface area (TPSA) is 66.4 Å². The summed E-state index contributed by atoms with van der Waals surface area (Å²) in [5, 5.41) is 0. The Hall–Kier alpha value is -2.53. The van der Waals surface area contributed by atoms with Gasteiger partial charge < -0.3 is 0 Å². The highest BCUT2D eigenvalue weighted by Gasteiger charge is 2.00. The number of nitrogens with zero attached hydrogens (tertiary/aromatic N) is 2. The molecule has 0 spiro atoms. The van der Waals surface area contributed by atoms with Crippen molar-refractivity contribution in [3.05, 3.63) is 59.9 Å². The minimum atomic E-state index is -0.288. The minimum Gasteiger partial charge on any atom is -0.286 e. The van der Waals surface area contributed by atoms with Gasteiger partial charge in [-0.3, -0.25) is 20.2 Å². The summed E-state index contributed by atoms with van der Waals surface area (Å²) in [6.07, 6.45) is 4.70. The molecule has 22 heavy (non-hydrogen) atoms. The van der Waals surface area contributed by atoms with Crippen LogP contribution in [0.3, 0.4) is 0 Å². The largest absolute Gasteiger partial charge is 0.286 e. The second kappa shape index (κ2) is 8.05. The molecule has 0 unspecified atom stereocenters. The number of nitrogens with one attached hydrogen (secondary N) is 2. The van der Waals surface area contributed by atoms with Gasteiger partial charge in [-0.25, -0.2) is 5.43 Å². The molecule has 1 heterocycles. The Bertz CT molecular complexity index is 638. The number of rotatable bonds is 6. The third-order valence-corrected chi connectivity index (χ3v) is 3.12. The number of hydrazine groups is 1. The van der Waals surface area contributed by atoms with Crippen molar-refractivity contribution in [2.45, 2.75) is 26.3 Å². The molecule has 0 aliphatic carbocycles. The molecule has 5 nitrogen and oxygen atoms in total. The summed E-state index contributed by atoms with van der Waals surface area (Å²) in [7, 11) is 0. The molecule has 0 fully saturated rings. The van der Waals surface area contributed by atoms with E-state index in [0.717, 1.165) is 11.3 Å². The summed E-state index contributed by atoms with van der Waals surface area (Å²) < 4.78 is 0. The van der Waals surface area contributed by atoms with Crippen LogP contribution in [-0.4, -0.2) is 17.1 Å². The van der Waals surface area contributed by atoms with Gasteiger partial charge in [0.05, 0.1) is 11.9 Å². The van der Waals surface area contributed by atoms with Gasteiger partial charge in [-0.1, -0.05) is 26.0 Å². The number of pyridine rings is 1. The summed E-state index contributed by atoms with van der Waals surface area (Å²) in [6.45, 7) is 4.78. The number of carbonyl (C=O) groups excluding carboxylic acids is 1. The summed E-state index contributed by atoms with van der Waals surface area (Å²) in [4.78, 5) is 19.8. The van der Waals surface area contributed by atoms with Crippen LogP contribution in [0, 0.1) is 0 Å². The number of carbonyl (C=O) groups is 1. The number of amides is 1. The molecular formula is C17H20N4O. The lowest BCUT2D eigenvalue weighted by molar-refractivity contribution is -0.115. The molecule has 1 amide bonds. The van der Waals surface area contributed by atoms with Gasteiger partial charge in [0, 0.05) is 18.9 Å². The summed E-state index contributed by atoms with van der Waals surface area (Å²) in [5.74, 6) is 0.148. The van der Waals surface area contributed by atoms with Gasteiger partial charge in [-0.2, -0.15) is 0 Å². The van der Waals surface area contributed by atoms with Gasteiger partial charge in [0.25, 0.3) is 5.91 Å². The lowest BCUT2D eigenvalue weighted by Gasteiger charge is -2.06. The Morgan fingerprint density at radius 3 is 2.77 bits per heavy atom. The van der Waals surface area contributed by atoms with E-state index in [1.54, 1.807) is 12.4 Å². The zero-order valence-corrected chi connectivity index (χ0v) is 12.8. The van der Waals surface area contributed by atoms with Crippen LogP contribution in [0.15, 0.2) is 53.8 Å². The summed E-state index contributed by atoms with van der Waals surface area (Å²) in [6, 6.07) is 11.6. The van der Waals surface area contributed by atoms with Crippen molar-refractivity contribution in [2.75, 3.05) is 0 Å². The minimum absolute atomic E-state index is 0.288. The van der Waals surface area contributed by atoms with Crippen molar-refractivity contribution < 1.29 is 4.79 Å². The fraction of sp³-hybridized carbons (Fsp3) is 0.235. The molecule has 5 heteroatoms. The van der Waals surface area contributed by atoms with Gasteiger partial charge in [0.1, 0.15) is 0 Å². The monoisotopic (exact) mass is 296 g/mol. The van der Waals surface area contributed by atoms with E-state index < -0.39 is 0 Å². The highest BCUT2D eigenvalue weighted by molar-refractivity contribution is 6.26. The third kappa shape index (κ3) is 5.10. The maximum atomic E-state index is 11.7. The number of aromatic nitrogens is 1. The zero-order chi connectivity index (χ0) is 15.8. The molecule has 0 aliphatic rings. The molecule has 114 valence electrons. The van der Waals surface area contributed by atoms with Crippen LogP contribution >= 0.6 is 0 Å².